The van der Waals surface area contributed by atoms with E-state index in [1.807, 2.05) is 24.5 Å². The number of rotatable bonds is 7. The Kier molecular flexibility index (Phi) is 6.10. The first kappa shape index (κ1) is 21.1. The van der Waals surface area contributed by atoms with Crippen molar-refractivity contribution in [1.29, 1.82) is 0 Å². The summed E-state index contributed by atoms with van der Waals surface area (Å²) in [6, 6.07) is 7.62. The number of hydrogen-bond acceptors (Lipinski definition) is 7. The summed E-state index contributed by atoms with van der Waals surface area (Å²) < 4.78 is 30.2. The summed E-state index contributed by atoms with van der Waals surface area (Å²) in [6.07, 6.45) is 1.60. The summed E-state index contributed by atoms with van der Waals surface area (Å²) >= 11 is 1.26. The van der Waals surface area contributed by atoms with Gasteiger partial charge in [0.1, 0.15) is 5.76 Å². The summed E-state index contributed by atoms with van der Waals surface area (Å²) in [5.41, 5.74) is 1.20. The molecule has 2 aromatic heterocycles. The number of nitrogens with two attached hydrogens (primary N) is 1. The highest BCUT2D eigenvalue weighted by molar-refractivity contribution is 8.00. The zero-order valence-corrected chi connectivity index (χ0v) is 17.8. The predicted molar refractivity (Wildman–Crippen MR) is 110 cm³/mol. The number of carbonyl (C=O) groups excluding carboxylic acids is 1. The number of nitrogens with zero attached hydrogens (tertiary/aromatic N) is 3. The van der Waals surface area contributed by atoms with Crippen LogP contribution in [0.1, 0.15) is 19.6 Å². The number of amides is 1. The maximum Gasteiger partial charge on any atom is 0.238 e. The third kappa shape index (κ3) is 4.69. The molecule has 0 saturated carbocycles. The van der Waals surface area contributed by atoms with Gasteiger partial charge in [-0.1, -0.05) is 17.8 Å². The van der Waals surface area contributed by atoms with E-state index in [4.69, 9.17) is 9.56 Å². The lowest BCUT2D eigenvalue weighted by molar-refractivity contribution is -0.115. The number of aryl methyl sites for hydroxylation is 1. The molecule has 0 fully saturated rings. The molecular weight excluding hydrogens is 414 g/mol. The van der Waals surface area contributed by atoms with Gasteiger partial charge < -0.3 is 14.3 Å². The molecule has 1 amide bonds. The topological polar surface area (TPSA) is 133 Å². The van der Waals surface area contributed by atoms with Crippen LogP contribution in [0, 0.1) is 6.92 Å². The van der Waals surface area contributed by atoms with Crippen molar-refractivity contribution in [2.45, 2.75) is 42.6 Å². The maximum absolute atomic E-state index is 12.6. The van der Waals surface area contributed by atoms with Crippen molar-refractivity contribution in [3.05, 3.63) is 42.4 Å². The van der Waals surface area contributed by atoms with Gasteiger partial charge in [0.2, 0.25) is 15.9 Å². The summed E-state index contributed by atoms with van der Waals surface area (Å²) in [6.45, 7) is 6.18. The molecule has 0 spiro atoms. The van der Waals surface area contributed by atoms with Gasteiger partial charge >= 0.3 is 0 Å². The molecule has 9 nitrogen and oxygen atoms in total. The van der Waals surface area contributed by atoms with Crippen LogP contribution in [-0.2, 0) is 21.4 Å². The van der Waals surface area contributed by atoms with Crippen LogP contribution >= 0.6 is 11.8 Å². The molecule has 154 valence electrons. The van der Waals surface area contributed by atoms with Crippen molar-refractivity contribution < 1.29 is 17.6 Å². The second kappa shape index (κ2) is 8.39. The first-order chi connectivity index (χ1) is 13.7. The van der Waals surface area contributed by atoms with Crippen LogP contribution in [0.5, 0.6) is 0 Å². The average Bonchev–Trinajstić information content (AvgIpc) is 3.26. The third-order valence-corrected chi connectivity index (χ3v) is 6.21. The van der Waals surface area contributed by atoms with E-state index in [1.165, 1.54) is 30.0 Å². The van der Waals surface area contributed by atoms with Gasteiger partial charge in [-0.05, 0) is 45.0 Å². The largest absolute Gasteiger partial charge is 0.469 e. The highest BCUT2D eigenvalue weighted by atomic mass is 32.2. The van der Waals surface area contributed by atoms with Crippen LogP contribution in [0.2, 0.25) is 0 Å². The molecule has 3 aromatic rings. The Morgan fingerprint density at radius 2 is 2.10 bits per heavy atom. The summed E-state index contributed by atoms with van der Waals surface area (Å²) in [5, 5.41) is 16.4. The molecule has 0 radical (unpaired) electrons. The van der Waals surface area contributed by atoms with Gasteiger partial charge in [0.05, 0.1) is 22.0 Å². The lowest BCUT2D eigenvalue weighted by Gasteiger charge is -2.13. The van der Waals surface area contributed by atoms with Crippen molar-refractivity contribution in [2.75, 3.05) is 5.32 Å². The number of nitrogens with one attached hydrogen (secondary N) is 1. The number of sulfonamides is 1. The molecular formula is C18H21N5O4S2. The predicted octanol–water partition coefficient (Wildman–Crippen LogP) is 2.63. The average molecular weight is 436 g/mol. The lowest BCUT2D eigenvalue weighted by atomic mass is 10.2. The van der Waals surface area contributed by atoms with E-state index in [0.29, 0.717) is 23.2 Å². The number of aromatic nitrogens is 3. The number of primary sulfonamides is 1. The van der Waals surface area contributed by atoms with Crippen LogP contribution in [0.15, 0.2) is 51.1 Å². The molecule has 0 aliphatic carbocycles. The zero-order chi connectivity index (χ0) is 21.2. The van der Waals surface area contributed by atoms with Gasteiger partial charge in [-0.25, -0.2) is 13.6 Å². The minimum Gasteiger partial charge on any atom is -0.469 e. The first-order valence-electron chi connectivity index (χ1n) is 8.78. The fraction of sp³-hybridized carbons (Fsp3) is 0.278. The first-order valence-corrected chi connectivity index (χ1v) is 11.2. The van der Waals surface area contributed by atoms with Gasteiger partial charge in [-0.2, -0.15) is 0 Å². The Bertz CT molecular complexity index is 1140. The maximum atomic E-state index is 12.6. The van der Waals surface area contributed by atoms with Crippen LogP contribution in [-0.4, -0.2) is 34.3 Å². The summed E-state index contributed by atoms with van der Waals surface area (Å²) in [5.74, 6) is 1.12. The number of anilines is 1. The Morgan fingerprint density at radius 3 is 2.72 bits per heavy atom. The van der Waals surface area contributed by atoms with Gasteiger partial charge in [0.15, 0.2) is 11.0 Å². The number of furan rings is 1. The Labute approximate surface area is 172 Å². The fourth-order valence-corrected chi connectivity index (χ4v) is 4.16. The Balaban J connectivity index is 1.75. The third-order valence-electron chi connectivity index (χ3n) is 4.21. The lowest BCUT2D eigenvalue weighted by Crippen LogP contribution is -2.23. The molecule has 1 aromatic carbocycles. The Morgan fingerprint density at radius 1 is 1.34 bits per heavy atom. The van der Waals surface area contributed by atoms with E-state index in [9.17, 15) is 13.2 Å². The molecule has 0 saturated heterocycles. The van der Waals surface area contributed by atoms with E-state index in [-0.39, 0.29) is 10.8 Å². The van der Waals surface area contributed by atoms with E-state index in [2.05, 4.69) is 15.5 Å². The SMILES string of the molecule is CCn1c(SC(C)C(=O)Nc2cccc(S(N)(=O)=O)c2)nnc1-c1ccoc1C. The monoisotopic (exact) mass is 435 g/mol. The van der Waals surface area contributed by atoms with Crippen molar-refractivity contribution in [1.82, 2.24) is 14.8 Å². The van der Waals surface area contributed by atoms with Crippen molar-refractivity contribution in [3.8, 4) is 11.4 Å². The second-order valence-corrected chi connectivity index (χ2v) is 9.13. The number of carbonyl (C=O) groups is 1. The highest BCUT2D eigenvalue weighted by Gasteiger charge is 2.22. The van der Waals surface area contributed by atoms with Gasteiger partial charge in [0, 0.05) is 12.2 Å². The van der Waals surface area contributed by atoms with Crippen LogP contribution in [0.3, 0.4) is 0 Å². The number of thioether (sulfide) groups is 1. The van der Waals surface area contributed by atoms with Crippen molar-refractivity contribution in [2.24, 2.45) is 5.14 Å². The van der Waals surface area contributed by atoms with E-state index in [1.54, 1.807) is 19.3 Å². The molecule has 0 bridgehead atoms. The molecule has 3 rings (SSSR count). The normalized spacial score (nSPS) is 12.7. The van der Waals surface area contributed by atoms with E-state index in [0.717, 1.165) is 11.3 Å². The summed E-state index contributed by atoms with van der Waals surface area (Å²) in [4.78, 5) is 12.5. The highest BCUT2D eigenvalue weighted by Crippen LogP contribution is 2.29. The zero-order valence-electron chi connectivity index (χ0n) is 16.1. The molecule has 3 N–H and O–H groups in total. The molecule has 2 heterocycles. The standard InChI is InChI=1S/C18H21N5O4S2/c1-4-23-16(15-8-9-27-11(15)2)21-22-18(23)28-12(3)17(24)20-13-6-5-7-14(10-13)29(19,25)26/h5-10,12H,4H2,1-3H3,(H,20,24)(H2,19,25,26). The molecule has 1 atom stereocenters. The Hall–Kier alpha value is -2.63. The molecule has 29 heavy (non-hydrogen) atoms. The summed E-state index contributed by atoms with van der Waals surface area (Å²) in [7, 11) is -3.85. The fourth-order valence-electron chi connectivity index (χ4n) is 2.68. The minimum absolute atomic E-state index is 0.0681. The van der Waals surface area contributed by atoms with Crippen LogP contribution < -0.4 is 10.5 Å². The van der Waals surface area contributed by atoms with Gasteiger partial charge in [-0.3, -0.25) is 4.79 Å². The van der Waals surface area contributed by atoms with E-state index < -0.39 is 15.3 Å². The van der Waals surface area contributed by atoms with Gasteiger partial charge in [-0.15, -0.1) is 10.2 Å². The van der Waals surface area contributed by atoms with Gasteiger partial charge in [0.25, 0.3) is 0 Å². The van der Waals surface area contributed by atoms with Crippen molar-refractivity contribution >= 4 is 33.4 Å². The van der Waals surface area contributed by atoms with Crippen LogP contribution in [0.25, 0.3) is 11.4 Å². The van der Waals surface area contributed by atoms with Crippen LogP contribution in [0.4, 0.5) is 5.69 Å². The second-order valence-electron chi connectivity index (χ2n) is 6.26. The minimum atomic E-state index is -3.85. The van der Waals surface area contributed by atoms with Crippen molar-refractivity contribution in [3.63, 3.8) is 0 Å². The molecule has 0 aliphatic rings. The van der Waals surface area contributed by atoms with E-state index >= 15 is 0 Å². The smallest absolute Gasteiger partial charge is 0.238 e. The molecule has 0 aliphatic heterocycles. The quantitative estimate of drug-likeness (QED) is 0.545. The molecule has 1 unspecified atom stereocenters. The number of benzene rings is 1. The molecule has 11 heteroatoms. The number of hydrogen-bond donors (Lipinski definition) is 2.